The summed E-state index contributed by atoms with van der Waals surface area (Å²) in [5.74, 6) is 0. The minimum atomic E-state index is 0.750. The van der Waals surface area contributed by atoms with Crippen molar-refractivity contribution in [2.75, 3.05) is 6.54 Å². The average molecular weight is 198 g/mol. The van der Waals surface area contributed by atoms with Crippen molar-refractivity contribution in [2.45, 2.75) is 6.42 Å². The van der Waals surface area contributed by atoms with Gasteiger partial charge in [-0.25, -0.2) is 0 Å². The van der Waals surface area contributed by atoms with Crippen molar-refractivity contribution >= 4 is 28.8 Å². The standard InChI is InChI=1S/C9H8ClNS/c10-7-2-1-6-3-4-11-9(12)8(6)5-7/h1-2,5H,3-4H2,(H,11,12). The molecule has 1 aliphatic heterocycles. The molecule has 0 fully saturated rings. The number of nitrogens with one attached hydrogen (secondary N) is 1. The van der Waals surface area contributed by atoms with Gasteiger partial charge in [0.25, 0.3) is 0 Å². The number of thiocarbonyl (C=S) groups is 1. The Labute approximate surface area is 81.7 Å². The second-order valence-corrected chi connectivity index (χ2v) is 3.65. The first-order valence-electron chi connectivity index (χ1n) is 3.84. The molecule has 3 heteroatoms. The van der Waals surface area contributed by atoms with Crippen LogP contribution in [0.3, 0.4) is 0 Å². The summed E-state index contributed by atoms with van der Waals surface area (Å²) in [6.45, 7) is 0.938. The number of fused-ring (bicyclic) bond motifs is 1. The van der Waals surface area contributed by atoms with Crippen LogP contribution in [-0.2, 0) is 6.42 Å². The third kappa shape index (κ3) is 1.32. The molecular formula is C9H8ClNS. The Morgan fingerprint density at radius 3 is 3.08 bits per heavy atom. The molecule has 0 unspecified atom stereocenters. The van der Waals surface area contributed by atoms with Crippen molar-refractivity contribution in [3.8, 4) is 0 Å². The first-order valence-corrected chi connectivity index (χ1v) is 4.62. The first-order chi connectivity index (χ1) is 5.77. The summed E-state index contributed by atoms with van der Waals surface area (Å²) in [6.07, 6.45) is 1.03. The van der Waals surface area contributed by atoms with Gasteiger partial charge in [0.15, 0.2) is 0 Å². The molecule has 1 heterocycles. The molecule has 2 rings (SSSR count). The van der Waals surface area contributed by atoms with Crippen LogP contribution in [0.4, 0.5) is 0 Å². The van der Waals surface area contributed by atoms with E-state index in [1.54, 1.807) is 0 Å². The second-order valence-electron chi connectivity index (χ2n) is 2.81. The van der Waals surface area contributed by atoms with E-state index >= 15 is 0 Å². The Morgan fingerprint density at radius 2 is 2.25 bits per heavy atom. The molecule has 12 heavy (non-hydrogen) atoms. The molecule has 0 spiro atoms. The number of halogens is 1. The lowest BCUT2D eigenvalue weighted by atomic mass is 10.0. The Hall–Kier alpha value is -0.600. The maximum Gasteiger partial charge on any atom is 0.106 e. The van der Waals surface area contributed by atoms with Gasteiger partial charge in [0, 0.05) is 17.1 Å². The van der Waals surface area contributed by atoms with Crippen molar-refractivity contribution in [1.29, 1.82) is 0 Å². The van der Waals surface area contributed by atoms with Gasteiger partial charge in [0.1, 0.15) is 4.99 Å². The smallest absolute Gasteiger partial charge is 0.106 e. The SMILES string of the molecule is S=C1NCCc2ccc(Cl)cc21. The maximum absolute atomic E-state index is 5.85. The summed E-state index contributed by atoms with van der Waals surface area (Å²) in [7, 11) is 0. The molecule has 0 bridgehead atoms. The van der Waals surface area contributed by atoms with Crippen LogP contribution in [0, 0.1) is 0 Å². The lowest BCUT2D eigenvalue weighted by Crippen LogP contribution is -2.30. The third-order valence-electron chi connectivity index (χ3n) is 2.00. The van der Waals surface area contributed by atoms with E-state index in [4.69, 9.17) is 23.8 Å². The van der Waals surface area contributed by atoms with Gasteiger partial charge in [-0.2, -0.15) is 0 Å². The van der Waals surface area contributed by atoms with E-state index in [0.29, 0.717) is 0 Å². The van der Waals surface area contributed by atoms with Gasteiger partial charge in [-0.3, -0.25) is 0 Å². The van der Waals surface area contributed by atoms with E-state index in [2.05, 4.69) is 5.32 Å². The van der Waals surface area contributed by atoms with E-state index in [9.17, 15) is 0 Å². The zero-order valence-corrected chi connectivity index (χ0v) is 8.00. The largest absolute Gasteiger partial charge is 0.375 e. The van der Waals surface area contributed by atoms with Crippen molar-refractivity contribution < 1.29 is 0 Å². The Balaban J connectivity index is 2.54. The Kier molecular flexibility index (Phi) is 2.03. The van der Waals surface area contributed by atoms with Crippen molar-refractivity contribution in [2.24, 2.45) is 0 Å². The highest BCUT2D eigenvalue weighted by Gasteiger charge is 2.12. The van der Waals surface area contributed by atoms with E-state index in [1.165, 1.54) is 5.56 Å². The highest BCUT2D eigenvalue weighted by atomic mass is 35.5. The minimum Gasteiger partial charge on any atom is -0.375 e. The van der Waals surface area contributed by atoms with Crippen LogP contribution in [0.25, 0.3) is 0 Å². The third-order valence-corrected chi connectivity index (χ3v) is 2.60. The van der Waals surface area contributed by atoms with E-state index in [1.807, 2.05) is 18.2 Å². The molecule has 1 aliphatic rings. The van der Waals surface area contributed by atoms with Crippen LogP contribution in [0.5, 0.6) is 0 Å². The fourth-order valence-electron chi connectivity index (χ4n) is 1.38. The van der Waals surface area contributed by atoms with Gasteiger partial charge in [0.2, 0.25) is 0 Å². The average Bonchev–Trinajstić information content (AvgIpc) is 2.07. The summed E-state index contributed by atoms with van der Waals surface area (Å²) in [5, 5.41) is 3.89. The number of benzene rings is 1. The monoisotopic (exact) mass is 197 g/mol. The summed E-state index contributed by atoms with van der Waals surface area (Å²) >= 11 is 11.0. The van der Waals surface area contributed by atoms with Gasteiger partial charge >= 0.3 is 0 Å². The lowest BCUT2D eigenvalue weighted by molar-refractivity contribution is 0.848. The number of hydrogen-bond donors (Lipinski definition) is 1. The molecule has 0 saturated heterocycles. The van der Waals surface area contributed by atoms with Gasteiger partial charge in [-0.1, -0.05) is 29.9 Å². The number of hydrogen-bond acceptors (Lipinski definition) is 1. The van der Waals surface area contributed by atoms with Gasteiger partial charge in [-0.05, 0) is 24.1 Å². The zero-order chi connectivity index (χ0) is 8.55. The summed E-state index contributed by atoms with van der Waals surface area (Å²) < 4.78 is 0. The molecule has 0 radical (unpaired) electrons. The molecule has 0 aromatic heterocycles. The quantitative estimate of drug-likeness (QED) is 0.640. The lowest BCUT2D eigenvalue weighted by Gasteiger charge is -2.18. The molecule has 0 saturated carbocycles. The van der Waals surface area contributed by atoms with Crippen LogP contribution >= 0.6 is 23.8 Å². The van der Waals surface area contributed by atoms with Crippen LogP contribution in [-0.4, -0.2) is 11.5 Å². The van der Waals surface area contributed by atoms with Crippen LogP contribution < -0.4 is 5.32 Å². The first kappa shape index (κ1) is 8.02. The highest BCUT2D eigenvalue weighted by molar-refractivity contribution is 7.80. The number of rotatable bonds is 0. The van der Waals surface area contributed by atoms with Crippen molar-refractivity contribution in [1.82, 2.24) is 5.32 Å². The van der Waals surface area contributed by atoms with E-state index in [-0.39, 0.29) is 0 Å². The molecule has 1 nitrogen and oxygen atoms in total. The highest BCUT2D eigenvalue weighted by Crippen LogP contribution is 2.19. The second kappa shape index (κ2) is 3.04. The van der Waals surface area contributed by atoms with Crippen LogP contribution in [0.1, 0.15) is 11.1 Å². The maximum atomic E-state index is 5.85. The van der Waals surface area contributed by atoms with Gasteiger partial charge in [-0.15, -0.1) is 0 Å². The summed E-state index contributed by atoms with van der Waals surface area (Å²) in [5.41, 5.74) is 2.38. The van der Waals surface area contributed by atoms with E-state index < -0.39 is 0 Å². The van der Waals surface area contributed by atoms with Crippen molar-refractivity contribution in [3.05, 3.63) is 34.3 Å². The molecule has 0 amide bonds. The topological polar surface area (TPSA) is 12.0 Å². The molecule has 0 aliphatic carbocycles. The molecule has 0 atom stereocenters. The predicted octanol–water partition coefficient (Wildman–Crippen LogP) is 2.16. The Bertz CT molecular complexity index is 335. The minimum absolute atomic E-state index is 0.750. The molecule has 1 aromatic rings. The van der Waals surface area contributed by atoms with Crippen LogP contribution in [0.15, 0.2) is 18.2 Å². The predicted molar refractivity (Wildman–Crippen MR) is 54.9 cm³/mol. The molecule has 1 N–H and O–H groups in total. The van der Waals surface area contributed by atoms with Crippen LogP contribution in [0.2, 0.25) is 5.02 Å². The van der Waals surface area contributed by atoms with Crippen molar-refractivity contribution in [3.63, 3.8) is 0 Å². The molecule has 1 aromatic carbocycles. The normalized spacial score (nSPS) is 15.2. The van der Waals surface area contributed by atoms with Gasteiger partial charge in [0.05, 0.1) is 0 Å². The summed E-state index contributed by atoms with van der Waals surface area (Å²) in [4.78, 5) is 0.818. The van der Waals surface area contributed by atoms with Gasteiger partial charge < -0.3 is 5.32 Å². The zero-order valence-electron chi connectivity index (χ0n) is 6.43. The van der Waals surface area contributed by atoms with E-state index in [0.717, 1.165) is 28.5 Å². The summed E-state index contributed by atoms with van der Waals surface area (Å²) in [6, 6.07) is 5.88. The molecule has 62 valence electrons. The molecular weight excluding hydrogens is 190 g/mol. The fraction of sp³-hybridized carbons (Fsp3) is 0.222. The Morgan fingerprint density at radius 1 is 1.42 bits per heavy atom. The fourth-order valence-corrected chi connectivity index (χ4v) is 1.85.